The monoisotopic (exact) mass is 738 g/mol. The number of rotatable bonds is 7. The Kier molecular flexibility index (Phi) is 8.19. The highest BCUT2D eigenvalue weighted by Gasteiger charge is 2.16. The number of hydrogen-bond donors (Lipinski definition) is 0. The molecular formula is C56H38N2. The van der Waals surface area contributed by atoms with Crippen LogP contribution in [-0.2, 0) is 0 Å². The molecule has 0 atom stereocenters. The average molecular weight is 739 g/mol. The molecule has 0 amide bonds. The maximum atomic E-state index is 2.39. The van der Waals surface area contributed by atoms with Crippen LogP contribution in [-0.4, -0.2) is 4.57 Å². The normalized spacial score (nSPS) is 11.4. The number of para-hydroxylation sites is 2. The van der Waals surface area contributed by atoms with Crippen LogP contribution >= 0.6 is 0 Å². The lowest BCUT2D eigenvalue weighted by Gasteiger charge is -2.26. The molecule has 58 heavy (non-hydrogen) atoms. The van der Waals surface area contributed by atoms with Gasteiger partial charge >= 0.3 is 0 Å². The molecule has 0 unspecified atom stereocenters. The molecular weight excluding hydrogens is 701 g/mol. The molecule has 0 aliphatic carbocycles. The van der Waals surface area contributed by atoms with Gasteiger partial charge in [-0.2, -0.15) is 0 Å². The quantitative estimate of drug-likeness (QED) is 0.158. The highest BCUT2D eigenvalue weighted by Crippen LogP contribution is 2.39. The molecule has 0 N–H and O–H groups in total. The summed E-state index contributed by atoms with van der Waals surface area (Å²) in [6.07, 6.45) is 0. The fraction of sp³-hybridized carbons (Fsp3) is 0. The average Bonchev–Trinajstić information content (AvgIpc) is 3.63. The van der Waals surface area contributed by atoms with Crippen LogP contribution in [0, 0.1) is 0 Å². The van der Waals surface area contributed by atoms with E-state index in [-0.39, 0.29) is 0 Å². The van der Waals surface area contributed by atoms with E-state index >= 15 is 0 Å². The van der Waals surface area contributed by atoms with Gasteiger partial charge in [0.1, 0.15) is 0 Å². The van der Waals surface area contributed by atoms with Crippen LogP contribution in [0.3, 0.4) is 0 Å². The molecule has 0 aliphatic heterocycles. The van der Waals surface area contributed by atoms with E-state index in [1.807, 2.05) is 0 Å². The second-order valence-corrected chi connectivity index (χ2v) is 15.0. The SMILES string of the molecule is c1ccc(N(c2ccc(-c3ccc4c(c3)c3ccccc3n4-c3ccc(-c4ccc5ccccc5c4)cc3)cc2)c2ccc(-c3cccc4ccccc34)cc2)cc1. The summed E-state index contributed by atoms with van der Waals surface area (Å²) in [5.41, 5.74) is 14.2. The van der Waals surface area contributed by atoms with Crippen molar-refractivity contribution in [3.63, 3.8) is 0 Å². The van der Waals surface area contributed by atoms with Gasteiger partial charge in [-0.05, 0) is 128 Å². The summed E-state index contributed by atoms with van der Waals surface area (Å²) in [7, 11) is 0. The van der Waals surface area contributed by atoms with E-state index < -0.39 is 0 Å². The first kappa shape index (κ1) is 33.6. The van der Waals surface area contributed by atoms with Gasteiger partial charge in [-0.1, -0.05) is 158 Å². The maximum absolute atomic E-state index is 2.39. The first-order chi connectivity index (χ1) is 28.7. The molecule has 0 fully saturated rings. The van der Waals surface area contributed by atoms with Gasteiger partial charge in [0, 0.05) is 33.5 Å². The van der Waals surface area contributed by atoms with E-state index in [2.05, 4.69) is 240 Å². The zero-order chi connectivity index (χ0) is 38.4. The predicted molar refractivity (Wildman–Crippen MR) is 247 cm³/mol. The third-order valence-corrected chi connectivity index (χ3v) is 11.6. The molecule has 1 aromatic heterocycles. The molecule has 1 heterocycles. The number of aromatic nitrogens is 1. The van der Waals surface area contributed by atoms with Gasteiger partial charge in [-0.3, -0.25) is 0 Å². The number of benzene rings is 10. The van der Waals surface area contributed by atoms with Crippen molar-refractivity contribution in [2.75, 3.05) is 4.90 Å². The van der Waals surface area contributed by atoms with E-state index in [4.69, 9.17) is 0 Å². The molecule has 10 aromatic carbocycles. The van der Waals surface area contributed by atoms with Crippen molar-refractivity contribution in [1.82, 2.24) is 4.57 Å². The third-order valence-electron chi connectivity index (χ3n) is 11.6. The topological polar surface area (TPSA) is 8.17 Å². The Balaban J connectivity index is 0.928. The molecule has 11 aromatic rings. The van der Waals surface area contributed by atoms with Crippen molar-refractivity contribution in [3.05, 3.63) is 231 Å². The molecule has 11 rings (SSSR count). The van der Waals surface area contributed by atoms with Gasteiger partial charge in [0.05, 0.1) is 11.0 Å². The molecule has 2 nitrogen and oxygen atoms in total. The van der Waals surface area contributed by atoms with Crippen LogP contribution in [0.25, 0.3) is 82.4 Å². The van der Waals surface area contributed by atoms with Gasteiger partial charge in [-0.15, -0.1) is 0 Å². The summed E-state index contributed by atoms with van der Waals surface area (Å²) >= 11 is 0. The Morgan fingerprint density at radius 2 is 0.793 bits per heavy atom. The zero-order valence-electron chi connectivity index (χ0n) is 31.8. The summed E-state index contributed by atoms with van der Waals surface area (Å²) in [6, 6.07) is 83.6. The van der Waals surface area contributed by atoms with Gasteiger partial charge in [0.25, 0.3) is 0 Å². The zero-order valence-corrected chi connectivity index (χ0v) is 31.8. The second-order valence-electron chi connectivity index (χ2n) is 15.0. The van der Waals surface area contributed by atoms with Crippen molar-refractivity contribution in [3.8, 4) is 39.1 Å². The van der Waals surface area contributed by atoms with Crippen LogP contribution in [0.1, 0.15) is 0 Å². The van der Waals surface area contributed by atoms with Gasteiger partial charge in [-0.25, -0.2) is 0 Å². The lowest BCUT2D eigenvalue weighted by atomic mass is 9.98. The van der Waals surface area contributed by atoms with Crippen LogP contribution in [0.2, 0.25) is 0 Å². The first-order valence-corrected chi connectivity index (χ1v) is 19.9. The number of nitrogens with zero attached hydrogens (tertiary/aromatic N) is 2. The number of anilines is 3. The van der Waals surface area contributed by atoms with Crippen molar-refractivity contribution in [2.45, 2.75) is 0 Å². The molecule has 0 spiro atoms. The molecule has 0 saturated carbocycles. The van der Waals surface area contributed by atoms with Crippen LogP contribution in [0.4, 0.5) is 17.1 Å². The fourth-order valence-electron chi connectivity index (χ4n) is 8.70. The summed E-state index contributed by atoms with van der Waals surface area (Å²) in [4.78, 5) is 2.33. The Bertz CT molecular complexity index is 3240. The van der Waals surface area contributed by atoms with E-state index in [1.165, 1.54) is 76.7 Å². The molecule has 0 radical (unpaired) electrons. The Morgan fingerprint density at radius 1 is 0.276 bits per heavy atom. The van der Waals surface area contributed by atoms with Crippen LogP contribution in [0.5, 0.6) is 0 Å². The van der Waals surface area contributed by atoms with E-state index in [1.54, 1.807) is 0 Å². The van der Waals surface area contributed by atoms with Gasteiger partial charge in [0.15, 0.2) is 0 Å². The fourth-order valence-corrected chi connectivity index (χ4v) is 8.70. The first-order valence-electron chi connectivity index (χ1n) is 19.9. The Labute approximate surface area is 338 Å². The Morgan fingerprint density at radius 3 is 1.55 bits per heavy atom. The van der Waals surface area contributed by atoms with Crippen molar-refractivity contribution in [1.29, 1.82) is 0 Å². The third kappa shape index (κ3) is 5.91. The number of hydrogen-bond acceptors (Lipinski definition) is 1. The second kappa shape index (κ2) is 14.1. The molecule has 0 saturated heterocycles. The summed E-state index contributed by atoms with van der Waals surface area (Å²) in [6.45, 7) is 0. The molecule has 2 heteroatoms. The largest absolute Gasteiger partial charge is 0.311 e. The minimum atomic E-state index is 1.11. The standard InChI is InChI=1S/C56H38N2/c1-2-15-47(16-3-1)57(49-34-27-43(28-35-49)52-19-10-14-42-12-6-7-17-51(42)52)48-30-23-41(24-31-48)46-29-36-56-54(38-46)53-18-8-9-20-55(53)58(56)50-32-25-40(26-33-50)45-22-21-39-11-4-5-13-44(39)37-45/h1-38H. The molecule has 272 valence electrons. The molecule has 0 aliphatic rings. The van der Waals surface area contributed by atoms with Crippen LogP contribution in [0.15, 0.2) is 231 Å². The minimum Gasteiger partial charge on any atom is -0.311 e. The summed E-state index contributed by atoms with van der Waals surface area (Å²) < 4.78 is 2.39. The van der Waals surface area contributed by atoms with Gasteiger partial charge < -0.3 is 9.47 Å². The van der Waals surface area contributed by atoms with E-state index in [0.29, 0.717) is 0 Å². The smallest absolute Gasteiger partial charge is 0.0541 e. The minimum absolute atomic E-state index is 1.11. The highest BCUT2D eigenvalue weighted by atomic mass is 15.1. The lowest BCUT2D eigenvalue weighted by Crippen LogP contribution is -2.09. The Hall–Kier alpha value is -7.68. The lowest BCUT2D eigenvalue weighted by molar-refractivity contribution is 1.18. The van der Waals surface area contributed by atoms with Crippen LogP contribution < -0.4 is 4.90 Å². The van der Waals surface area contributed by atoms with Crippen molar-refractivity contribution >= 4 is 60.4 Å². The number of fused-ring (bicyclic) bond motifs is 5. The summed E-state index contributed by atoms with van der Waals surface area (Å²) in [5.74, 6) is 0. The van der Waals surface area contributed by atoms with E-state index in [9.17, 15) is 0 Å². The summed E-state index contributed by atoms with van der Waals surface area (Å²) in [5, 5.41) is 7.53. The van der Waals surface area contributed by atoms with E-state index in [0.717, 1.165) is 22.7 Å². The highest BCUT2D eigenvalue weighted by molar-refractivity contribution is 6.10. The van der Waals surface area contributed by atoms with Gasteiger partial charge in [0.2, 0.25) is 0 Å². The van der Waals surface area contributed by atoms with Crippen molar-refractivity contribution in [2.24, 2.45) is 0 Å². The molecule has 0 bridgehead atoms. The maximum Gasteiger partial charge on any atom is 0.0541 e. The predicted octanol–water partition coefficient (Wildman–Crippen LogP) is 15.6. The van der Waals surface area contributed by atoms with Crippen molar-refractivity contribution < 1.29 is 0 Å².